The van der Waals surface area contributed by atoms with Gasteiger partial charge >= 0.3 is 5.97 Å². The number of ketones is 1. The van der Waals surface area contributed by atoms with Gasteiger partial charge in [0.25, 0.3) is 0 Å². The van der Waals surface area contributed by atoms with Crippen LogP contribution in [-0.4, -0.2) is 38.8 Å². The summed E-state index contributed by atoms with van der Waals surface area (Å²) in [5, 5.41) is 11.9. The number of hydrogen-bond acceptors (Lipinski definition) is 6. The Labute approximate surface area is 277 Å². The lowest BCUT2D eigenvalue weighted by atomic mass is 9.92. The minimum absolute atomic E-state index is 0.0438. The van der Waals surface area contributed by atoms with Gasteiger partial charge in [0.2, 0.25) is 5.91 Å². The van der Waals surface area contributed by atoms with Crippen molar-refractivity contribution >= 4 is 29.0 Å². The lowest BCUT2D eigenvalue weighted by Gasteiger charge is -2.18. The zero-order chi connectivity index (χ0) is 33.7. The van der Waals surface area contributed by atoms with Crippen molar-refractivity contribution in [2.24, 2.45) is 5.92 Å². The number of aliphatic carboxylic acids is 1. The van der Waals surface area contributed by atoms with Gasteiger partial charge in [-0.15, -0.1) is 11.3 Å². The molecule has 2 N–H and O–H groups in total. The van der Waals surface area contributed by atoms with Crippen LogP contribution < -0.4 is 5.32 Å². The standard InChI is InChI=1S/C38H36FN3O4S/c1-23(37(45)46)42-36(44)29(20-32(43)33-16-17-34(47-33)38(2,3)4)18-24-8-10-27(11-9-24)35-40-21-30(22-41-35)26-14-12-25(13-15-26)28-6-5-7-31(39)19-28/h5-17,19,21-23,29H,18,20H2,1-4H3,(H,42,44)(H,45,46)/t23-,29-/m1/s1. The van der Waals surface area contributed by atoms with Crippen LogP contribution in [0.5, 0.6) is 0 Å². The second-order valence-corrected chi connectivity index (χ2v) is 13.7. The number of nitrogens with zero attached hydrogens (tertiary/aromatic N) is 2. The number of carbonyl (C=O) groups excluding carboxylic acids is 2. The van der Waals surface area contributed by atoms with Crippen LogP contribution in [0.15, 0.2) is 97.3 Å². The fourth-order valence-corrected chi connectivity index (χ4v) is 6.10. The van der Waals surface area contributed by atoms with Crippen molar-refractivity contribution in [1.82, 2.24) is 15.3 Å². The molecule has 5 aromatic rings. The Hall–Kier alpha value is -5.02. The van der Waals surface area contributed by atoms with Crippen LogP contribution in [0, 0.1) is 11.7 Å². The van der Waals surface area contributed by atoms with E-state index in [2.05, 4.69) is 36.1 Å². The molecule has 0 unspecified atom stereocenters. The average Bonchev–Trinajstić information content (AvgIpc) is 3.57. The summed E-state index contributed by atoms with van der Waals surface area (Å²) in [6, 6.07) is 24.4. The first-order valence-electron chi connectivity index (χ1n) is 15.3. The maximum atomic E-state index is 13.6. The molecule has 2 aromatic heterocycles. The monoisotopic (exact) mass is 649 g/mol. The number of rotatable bonds is 11. The highest BCUT2D eigenvalue weighted by Gasteiger charge is 2.27. The number of carboxylic acids is 1. The number of aromatic nitrogens is 2. The quantitative estimate of drug-likeness (QED) is 0.140. The Morgan fingerprint density at radius 2 is 1.45 bits per heavy atom. The maximum Gasteiger partial charge on any atom is 0.325 e. The average molecular weight is 650 g/mol. The molecule has 0 aliphatic rings. The largest absolute Gasteiger partial charge is 0.480 e. The molecule has 0 bridgehead atoms. The fourth-order valence-electron chi connectivity index (χ4n) is 5.09. The van der Waals surface area contributed by atoms with Crippen LogP contribution in [0.3, 0.4) is 0 Å². The Bertz CT molecular complexity index is 1880. The van der Waals surface area contributed by atoms with Crippen LogP contribution in [0.2, 0.25) is 0 Å². The molecule has 2 heterocycles. The first-order valence-corrected chi connectivity index (χ1v) is 16.1. The Morgan fingerprint density at radius 1 is 0.830 bits per heavy atom. The van der Waals surface area contributed by atoms with E-state index in [0.29, 0.717) is 10.7 Å². The first kappa shape index (κ1) is 33.3. The number of carbonyl (C=O) groups is 3. The van der Waals surface area contributed by atoms with Gasteiger partial charge in [-0.1, -0.05) is 81.4 Å². The molecule has 2 atom stereocenters. The maximum absolute atomic E-state index is 13.6. The van der Waals surface area contributed by atoms with E-state index >= 15 is 0 Å². The highest BCUT2D eigenvalue weighted by molar-refractivity contribution is 7.14. The van der Waals surface area contributed by atoms with E-state index in [9.17, 15) is 23.9 Å². The van der Waals surface area contributed by atoms with Crippen LogP contribution in [0.25, 0.3) is 33.6 Å². The lowest BCUT2D eigenvalue weighted by molar-refractivity contribution is -0.141. The Morgan fingerprint density at radius 3 is 2.02 bits per heavy atom. The van der Waals surface area contributed by atoms with E-state index in [4.69, 9.17) is 0 Å². The van der Waals surface area contributed by atoms with Crippen LogP contribution in [0.4, 0.5) is 4.39 Å². The predicted octanol–water partition coefficient (Wildman–Crippen LogP) is 8.00. The number of carboxylic acid groups (broad SMARTS) is 1. The topological polar surface area (TPSA) is 109 Å². The molecule has 0 saturated heterocycles. The molecule has 0 spiro atoms. The summed E-state index contributed by atoms with van der Waals surface area (Å²) in [4.78, 5) is 48.6. The molecule has 9 heteroatoms. The first-order chi connectivity index (χ1) is 22.4. The van der Waals surface area contributed by atoms with Crippen molar-refractivity contribution in [3.8, 4) is 33.6 Å². The SMILES string of the molecule is C[C@@H](NC(=O)[C@@H](CC(=O)c1ccc(C(C)(C)C)s1)Cc1ccc(-c2ncc(-c3ccc(-c4cccc(F)c4)cc3)cn2)cc1)C(=O)O. The molecule has 0 saturated carbocycles. The summed E-state index contributed by atoms with van der Waals surface area (Å²) >= 11 is 1.42. The van der Waals surface area contributed by atoms with Crippen molar-refractivity contribution in [1.29, 1.82) is 0 Å². The van der Waals surface area contributed by atoms with Gasteiger partial charge in [-0.2, -0.15) is 0 Å². The molecule has 7 nitrogen and oxygen atoms in total. The molecule has 0 radical (unpaired) electrons. The summed E-state index contributed by atoms with van der Waals surface area (Å²) in [6.45, 7) is 7.64. The molecule has 240 valence electrons. The van der Waals surface area contributed by atoms with Gasteiger partial charge < -0.3 is 10.4 Å². The molecule has 3 aromatic carbocycles. The van der Waals surface area contributed by atoms with Gasteiger partial charge in [-0.3, -0.25) is 14.4 Å². The molecule has 0 aliphatic carbocycles. The third-order valence-electron chi connectivity index (χ3n) is 7.87. The Kier molecular flexibility index (Phi) is 10.1. The van der Waals surface area contributed by atoms with Gasteiger partial charge in [0.15, 0.2) is 11.6 Å². The highest BCUT2D eigenvalue weighted by atomic mass is 32.1. The summed E-state index contributed by atoms with van der Waals surface area (Å²) in [5.41, 5.74) is 4.99. The van der Waals surface area contributed by atoms with Crippen LogP contribution in [0.1, 0.15) is 54.2 Å². The normalized spacial score (nSPS) is 12.7. The minimum atomic E-state index is -1.15. The molecular formula is C38H36FN3O4S. The van der Waals surface area contributed by atoms with E-state index in [-0.39, 0.29) is 29.9 Å². The molecule has 0 aliphatic heterocycles. The van der Waals surface area contributed by atoms with E-state index in [0.717, 1.165) is 38.3 Å². The molecule has 1 amide bonds. The van der Waals surface area contributed by atoms with Crippen molar-refractivity contribution in [2.45, 2.75) is 52.0 Å². The lowest BCUT2D eigenvalue weighted by Crippen LogP contribution is -2.42. The molecule has 47 heavy (non-hydrogen) atoms. The number of benzene rings is 3. The van der Waals surface area contributed by atoms with E-state index in [1.165, 1.54) is 30.4 Å². The summed E-state index contributed by atoms with van der Waals surface area (Å²) in [6.07, 6.45) is 3.71. The fraction of sp³-hybridized carbons (Fsp3) is 0.237. The van der Waals surface area contributed by atoms with Crippen LogP contribution >= 0.6 is 11.3 Å². The van der Waals surface area contributed by atoms with Crippen molar-refractivity contribution < 1.29 is 23.9 Å². The van der Waals surface area contributed by atoms with Crippen molar-refractivity contribution in [3.63, 3.8) is 0 Å². The Balaban J connectivity index is 1.28. The van der Waals surface area contributed by atoms with Gasteiger partial charge in [0.05, 0.1) is 4.88 Å². The van der Waals surface area contributed by atoms with Crippen molar-refractivity contribution in [2.75, 3.05) is 0 Å². The zero-order valence-corrected chi connectivity index (χ0v) is 27.5. The summed E-state index contributed by atoms with van der Waals surface area (Å²) in [5.74, 6) is -2.27. The number of hydrogen-bond donors (Lipinski definition) is 2. The molecule has 5 rings (SSSR count). The van der Waals surface area contributed by atoms with E-state index in [1.54, 1.807) is 24.5 Å². The number of halogens is 1. The second-order valence-electron chi connectivity index (χ2n) is 12.6. The highest BCUT2D eigenvalue weighted by Crippen LogP contribution is 2.31. The predicted molar refractivity (Wildman–Crippen MR) is 183 cm³/mol. The number of Topliss-reactive ketones (excluding diaryl/α,β-unsaturated/α-hetero) is 1. The van der Waals surface area contributed by atoms with Gasteiger partial charge in [0.1, 0.15) is 11.9 Å². The van der Waals surface area contributed by atoms with E-state index in [1.807, 2.05) is 60.7 Å². The van der Waals surface area contributed by atoms with Crippen LogP contribution in [-0.2, 0) is 21.4 Å². The smallest absolute Gasteiger partial charge is 0.325 e. The minimum Gasteiger partial charge on any atom is -0.480 e. The van der Waals surface area contributed by atoms with Crippen molar-refractivity contribution in [3.05, 3.63) is 118 Å². The van der Waals surface area contributed by atoms with Gasteiger partial charge in [0, 0.05) is 40.7 Å². The molecular weight excluding hydrogens is 614 g/mol. The van der Waals surface area contributed by atoms with Gasteiger partial charge in [-0.25, -0.2) is 14.4 Å². The van der Waals surface area contributed by atoms with Gasteiger partial charge in [-0.05, 0) is 65.3 Å². The number of thiophene rings is 1. The zero-order valence-electron chi connectivity index (χ0n) is 26.7. The third kappa shape index (κ3) is 8.42. The number of amides is 1. The van der Waals surface area contributed by atoms with E-state index < -0.39 is 23.8 Å². The third-order valence-corrected chi connectivity index (χ3v) is 9.43. The summed E-state index contributed by atoms with van der Waals surface area (Å²) < 4.78 is 13.6. The molecule has 0 fully saturated rings. The second kappa shape index (κ2) is 14.2. The number of nitrogens with one attached hydrogen (secondary N) is 1. The summed E-state index contributed by atoms with van der Waals surface area (Å²) in [7, 11) is 0.